The highest BCUT2D eigenvalue weighted by Gasteiger charge is 2.11. The Morgan fingerprint density at radius 1 is 1.39 bits per heavy atom. The monoisotopic (exact) mass is 273 g/mol. The highest BCUT2D eigenvalue weighted by Crippen LogP contribution is 2.13. The maximum absolute atomic E-state index is 11.2. The molecule has 18 heavy (non-hydrogen) atoms. The van der Waals surface area contributed by atoms with Crippen molar-refractivity contribution in [2.45, 2.75) is 19.9 Å². The third kappa shape index (κ3) is 5.17. The average Bonchev–Trinajstić information content (AvgIpc) is 2.12. The maximum Gasteiger partial charge on any atom is 0.223 e. The lowest BCUT2D eigenvalue weighted by Gasteiger charge is -2.14. The largest absolute Gasteiger partial charge is 0.370 e. The van der Waals surface area contributed by atoms with Crippen LogP contribution in [0, 0.1) is 0 Å². The standard InChI is InChI=1S/C10H19N5O2S/c1-4-12-8-5-9(15-10(11)14-8)13-7(2)6-18(3,16)17/h5,7H,4,6H2,1-3H3,(H4,11,12,13,14,15). The molecule has 8 heteroatoms. The molecule has 0 aliphatic rings. The Morgan fingerprint density at radius 2 is 2.00 bits per heavy atom. The van der Waals surface area contributed by atoms with Crippen LogP contribution in [0.5, 0.6) is 0 Å². The minimum atomic E-state index is -3.03. The molecule has 0 saturated carbocycles. The van der Waals surface area contributed by atoms with Crippen molar-refractivity contribution >= 4 is 27.4 Å². The summed E-state index contributed by atoms with van der Waals surface area (Å²) in [4.78, 5) is 8.01. The van der Waals surface area contributed by atoms with Crippen molar-refractivity contribution in [3.8, 4) is 0 Å². The molecule has 0 bridgehead atoms. The summed E-state index contributed by atoms with van der Waals surface area (Å²) in [7, 11) is -3.03. The quantitative estimate of drug-likeness (QED) is 0.685. The van der Waals surface area contributed by atoms with E-state index in [1.165, 1.54) is 6.26 Å². The van der Waals surface area contributed by atoms with E-state index in [0.29, 0.717) is 11.6 Å². The van der Waals surface area contributed by atoms with Gasteiger partial charge in [0.05, 0.1) is 5.75 Å². The van der Waals surface area contributed by atoms with Gasteiger partial charge in [0.1, 0.15) is 21.5 Å². The van der Waals surface area contributed by atoms with E-state index in [4.69, 9.17) is 5.73 Å². The molecule has 1 unspecified atom stereocenters. The molecule has 0 spiro atoms. The van der Waals surface area contributed by atoms with Crippen LogP contribution in [0.25, 0.3) is 0 Å². The highest BCUT2D eigenvalue weighted by molar-refractivity contribution is 7.90. The Balaban J connectivity index is 2.77. The number of nitrogens with one attached hydrogen (secondary N) is 2. The Kier molecular flexibility index (Phi) is 4.71. The average molecular weight is 273 g/mol. The van der Waals surface area contributed by atoms with Gasteiger partial charge in [0.25, 0.3) is 0 Å². The molecule has 102 valence electrons. The summed E-state index contributed by atoms with van der Waals surface area (Å²) in [5.74, 6) is 1.30. The van der Waals surface area contributed by atoms with E-state index in [0.717, 1.165) is 6.54 Å². The minimum absolute atomic E-state index is 0.0352. The van der Waals surface area contributed by atoms with Crippen LogP contribution in [0.4, 0.5) is 17.6 Å². The van der Waals surface area contributed by atoms with Crippen LogP contribution in [-0.4, -0.2) is 43.0 Å². The molecule has 0 aromatic carbocycles. The SMILES string of the molecule is CCNc1cc(NC(C)CS(C)(=O)=O)nc(N)n1. The van der Waals surface area contributed by atoms with Gasteiger partial charge in [-0.1, -0.05) is 0 Å². The fourth-order valence-electron chi connectivity index (χ4n) is 1.56. The van der Waals surface area contributed by atoms with Gasteiger partial charge in [0.2, 0.25) is 5.95 Å². The van der Waals surface area contributed by atoms with E-state index < -0.39 is 9.84 Å². The summed E-state index contributed by atoms with van der Waals surface area (Å²) < 4.78 is 22.3. The molecule has 0 aliphatic carbocycles. The van der Waals surface area contributed by atoms with Gasteiger partial charge in [-0.2, -0.15) is 9.97 Å². The maximum atomic E-state index is 11.2. The predicted octanol–water partition coefficient (Wildman–Crippen LogP) is 0.336. The fourth-order valence-corrected chi connectivity index (χ4v) is 2.55. The van der Waals surface area contributed by atoms with Crippen LogP contribution in [0.2, 0.25) is 0 Å². The lowest BCUT2D eigenvalue weighted by molar-refractivity contribution is 0.598. The van der Waals surface area contributed by atoms with Gasteiger partial charge in [-0.05, 0) is 13.8 Å². The molecule has 1 heterocycles. The molecular formula is C10H19N5O2S. The van der Waals surface area contributed by atoms with Crippen LogP contribution in [0.1, 0.15) is 13.8 Å². The molecule has 0 amide bonds. The molecule has 7 nitrogen and oxygen atoms in total. The lowest BCUT2D eigenvalue weighted by Crippen LogP contribution is -2.25. The summed E-state index contributed by atoms with van der Waals surface area (Å²) in [5, 5.41) is 6.01. The first-order valence-electron chi connectivity index (χ1n) is 5.63. The minimum Gasteiger partial charge on any atom is -0.370 e. The Hall–Kier alpha value is -1.57. The summed E-state index contributed by atoms with van der Waals surface area (Å²) in [5.41, 5.74) is 5.57. The van der Waals surface area contributed by atoms with Crippen molar-refractivity contribution in [2.24, 2.45) is 0 Å². The fraction of sp³-hybridized carbons (Fsp3) is 0.600. The normalized spacial score (nSPS) is 13.1. The zero-order valence-electron chi connectivity index (χ0n) is 10.8. The number of nitrogen functional groups attached to an aromatic ring is 1. The Bertz CT molecular complexity index is 503. The van der Waals surface area contributed by atoms with E-state index in [-0.39, 0.29) is 17.7 Å². The molecule has 0 aliphatic heterocycles. The molecule has 1 aromatic rings. The van der Waals surface area contributed by atoms with Gasteiger partial charge in [0.15, 0.2) is 0 Å². The van der Waals surface area contributed by atoms with E-state index >= 15 is 0 Å². The van der Waals surface area contributed by atoms with Gasteiger partial charge >= 0.3 is 0 Å². The van der Waals surface area contributed by atoms with Crippen molar-refractivity contribution in [1.29, 1.82) is 0 Å². The number of nitrogens with zero attached hydrogens (tertiary/aromatic N) is 2. The van der Waals surface area contributed by atoms with E-state index in [1.54, 1.807) is 13.0 Å². The molecule has 1 rings (SSSR count). The van der Waals surface area contributed by atoms with Crippen LogP contribution in [0.15, 0.2) is 6.07 Å². The van der Waals surface area contributed by atoms with Crippen molar-refractivity contribution in [3.05, 3.63) is 6.07 Å². The molecular weight excluding hydrogens is 254 g/mol. The van der Waals surface area contributed by atoms with E-state index in [9.17, 15) is 8.42 Å². The first-order valence-corrected chi connectivity index (χ1v) is 7.69. The van der Waals surface area contributed by atoms with Crippen molar-refractivity contribution in [3.63, 3.8) is 0 Å². The zero-order chi connectivity index (χ0) is 13.8. The number of hydrogen-bond donors (Lipinski definition) is 3. The van der Waals surface area contributed by atoms with Gasteiger partial charge in [-0.3, -0.25) is 0 Å². The lowest BCUT2D eigenvalue weighted by atomic mass is 10.4. The highest BCUT2D eigenvalue weighted by atomic mass is 32.2. The number of sulfone groups is 1. The number of anilines is 3. The number of hydrogen-bond acceptors (Lipinski definition) is 7. The van der Waals surface area contributed by atoms with Crippen molar-refractivity contribution in [2.75, 3.05) is 34.9 Å². The smallest absolute Gasteiger partial charge is 0.223 e. The van der Waals surface area contributed by atoms with Gasteiger partial charge in [-0.25, -0.2) is 8.42 Å². The Labute approximate surface area is 107 Å². The molecule has 4 N–H and O–H groups in total. The third-order valence-corrected chi connectivity index (χ3v) is 3.15. The van der Waals surface area contributed by atoms with Crippen molar-refractivity contribution in [1.82, 2.24) is 9.97 Å². The number of rotatable bonds is 6. The molecule has 0 radical (unpaired) electrons. The Morgan fingerprint density at radius 3 is 2.56 bits per heavy atom. The molecule has 0 fully saturated rings. The van der Waals surface area contributed by atoms with Crippen LogP contribution in [-0.2, 0) is 9.84 Å². The first-order chi connectivity index (χ1) is 8.30. The van der Waals surface area contributed by atoms with Crippen molar-refractivity contribution < 1.29 is 8.42 Å². The van der Waals surface area contributed by atoms with Crippen LogP contribution in [0.3, 0.4) is 0 Å². The first kappa shape index (κ1) is 14.5. The third-order valence-electron chi connectivity index (χ3n) is 2.05. The second-order valence-corrected chi connectivity index (χ2v) is 6.35. The summed E-state index contributed by atoms with van der Waals surface area (Å²) in [6.07, 6.45) is 1.20. The van der Waals surface area contributed by atoms with Gasteiger partial charge in [-0.15, -0.1) is 0 Å². The molecule has 1 aromatic heterocycles. The number of nitrogens with two attached hydrogens (primary N) is 1. The number of aromatic nitrogens is 2. The van der Waals surface area contributed by atoms with Crippen LogP contribution < -0.4 is 16.4 Å². The summed E-state index contributed by atoms with van der Waals surface area (Å²) in [6, 6.07) is 1.45. The predicted molar refractivity (Wildman–Crippen MR) is 73.4 cm³/mol. The van der Waals surface area contributed by atoms with Crippen LogP contribution >= 0.6 is 0 Å². The van der Waals surface area contributed by atoms with E-state index in [1.807, 2.05) is 6.92 Å². The zero-order valence-corrected chi connectivity index (χ0v) is 11.6. The van der Waals surface area contributed by atoms with E-state index in [2.05, 4.69) is 20.6 Å². The van der Waals surface area contributed by atoms with Gasteiger partial charge in [0, 0.05) is 24.9 Å². The molecule has 1 atom stereocenters. The second kappa shape index (κ2) is 5.85. The van der Waals surface area contributed by atoms with Gasteiger partial charge < -0.3 is 16.4 Å². The second-order valence-electron chi connectivity index (χ2n) is 4.16. The summed E-state index contributed by atoms with van der Waals surface area (Å²) >= 11 is 0. The molecule has 0 saturated heterocycles. The summed E-state index contributed by atoms with van der Waals surface area (Å²) in [6.45, 7) is 4.43. The topological polar surface area (TPSA) is 110 Å².